The van der Waals surface area contributed by atoms with Gasteiger partial charge in [0.05, 0.1) is 0 Å². The summed E-state index contributed by atoms with van der Waals surface area (Å²) in [5.74, 6) is 0. The average molecular weight is 345 g/mol. The number of hydrogen-bond acceptors (Lipinski definition) is 9. The van der Waals surface area contributed by atoms with Gasteiger partial charge < -0.3 is 18.2 Å². The van der Waals surface area contributed by atoms with Crippen molar-refractivity contribution in [3.8, 4) is 0 Å². The van der Waals surface area contributed by atoms with Crippen LogP contribution in [-0.4, -0.2) is 35.0 Å². The molecule has 0 fully saturated rings. The second-order valence-electron chi connectivity index (χ2n) is 0.816. The van der Waals surface area contributed by atoms with Crippen molar-refractivity contribution < 1.29 is 122 Å². The molecule has 0 unspecified atom stereocenters. The number of rotatable bonds is 0. The third-order valence-electron chi connectivity index (χ3n) is 0. The molecule has 0 saturated heterocycles. The van der Waals surface area contributed by atoms with Gasteiger partial charge in [-0.3, -0.25) is 16.8 Å². The van der Waals surface area contributed by atoms with Crippen molar-refractivity contribution in [2.75, 3.05) is 0 Å². The first kappa shape index (κ1) is 29.9. The van der Waals surface area contributed by atoms with Crippen molar-refractivity contribution in [3.05, 3.63) is 0 Å². The molecule has 0 aliphatic carbocycles. The SMILES string of the molecule is O=S(=O)([O-])[O-].O=S(=O)([O-])[O-].[Na+].[Na+].[O]=[Zr+2]. The van der Waals surface area contributed by atoms with E-state index in [2.05, 4.69) is 0 Å². The van der Waals surface area contributed by atoms with E-state index in [-0.39, 0.29) is 59.1 Å². The van der Waals surface area contributed by atoms with Crippen LogP contribution in [0.1, 0.15) is 0 Å². The summed E-state index contributed by atoms with van der Waals surface area (Å²) in [5, 5.41) is 0. The normalized spacial score (nSPS) is 8.71. The first-order valence-corrected chi connectivity index (χ1v) is 5.21. The van der Waals surface area contributed by atoms with Crippen LogP contribution < -0.4 is 59.1 Å². The second-order valence-corrected chi connectivity index (χ2v) is 2.45. The van der Waals surface area contributed by atoms with Gasteiger partial charge in [0.15, 0.2) is 0 Å². The van der Waals surface area contributed by atoms with E-state index in [1.54, 1.807) is 0 Å². The molecular weight excluding hydrogens is 345 g/mol. The molecule has 9 nitrogen and oxygen atoms in total. The molecule has 72 valence electrons. The van der Waals surface area contributed by atoms with Crippen molar-refractivity contribution in [3.63, 3.8) is 0 Å². The molecule has 14 heavy (non-hydrogen) atoms. The molecule has 0 aromatic heterocycles. The molecule has 0 heterocycles. The minimum atomic E-state index is -5.17. The molecule has 0 aliphatic rings. The molecule has 0 N–H and O–H groups in total. The summed E-state index contributed by atoms with van der Waals surface area (Å²) in [6.07, 6.45) is 0. The summed E-state index contributed by atoms with van der Waals surface area (Å²) >= 11 is 0.300. The average Bonchev–Trinajstić information content (AvgIpc) is 1.59. The Morgan fingerprint density at radius 1 is 0.643 bits per heavy atom. The van der Waals surface area contributed by atoms with Crippen LogP contribution in [0.25, 0.3) is 0 Å². The Balaban J connectivity index is -0.0000000292. The zero-order valence-electron chi connectivity index (χ0n) is 6.99. The molecule has 0 amide bonds. The summed E-state index contributed by atoms with van der Waals surface area (Å²) in [4.78, 5) is 0. The van der Waals surface area contributed by atoms with E-state index in [1.807, 2.05) is 0 Å². The fourth-order valence-electron chi connectivity index (χ4n) is 0. The van der Waals surface area contributed by atoms with Gasteiger partial charge in [-0.2, -0.15) is 0 Å². The molecule has 0 rings (SSSR count). The van der Waals surface area contributed by atoms with Gasteiger partial charge in [0.2, 0.25) is 0 Å². The van der Waals surface area contributed by atoms with Crippen LogP contribution in [0.5, 0.6) is 0 Å². The van der Waals surface area contributed by atoms with Gasteiger partial charge in [0.25, 0.3) is 0 Å². The fourth-order valence-corrected chi connectivity index (χ4v) is 0. The summed E-state index contributed by atoms with van der Waals surface area (Å²) in [7, 11) is -10.3. The topological polar surface area (TPSA) is 178 Å². The molecule has 0 saturated carbocycles. The van der Waals surface area contributed by atoms with Crippen molar-refractivity contribution in [2.24, 2.45) is 0 Å². The molecule has 0 aromatic carbocycles. The Morgan fingerprint density at radius 2 is 0.643 bits per heavy atom. The summed E-state index contributed by atoms with van der Waals surface area (Å²) in [5.41, 5.74) is 0. The first-order valence-electron chi connectivity index (χ1n) is 1.54. The standard InChI is InChI=1S/2Na.2H2O4S.O.Zr/c;;2*1-5(2,3)4;;/h;;2*(H2,1,2,3,4);;/q2*+1;;;;+2/p-4. The van der Waals surface area contributed by atoms with Crippen LogP contribution >= 0.6 is 0 Å². The van der Waals surface area contributed by atoms with Crippen molar-refractivity contribution >= 4 is 20.8 Å². The van der Waals surface area contributed by atoms with Crippen molar-refractivity contribution in [1.82, 2.24) is 0 Å². The molecular formula is Na2O9S2Zr. The third kappa shape index (κ3) is 443. The van der Waals surface area contributed by atoms with E-state index < -0.39 is 20.8 Å². The zero-order valence-corrected chi connectivity index (χ0v) is 15.1. The second kappa shape index (κ2) is 15.4. The maximum atomic E-state index is 8.52. The predicted octanol–water partition coefficient (Wildman–Crippen LogP) is -8.79. The number of hydrogen-bond donors (Lipinski definition) is 0. The predicted molar refractivity (Wildman–Crippen MR) is 21.6 cm³/mol. The van der Waals surface area contributed by atoms with Gasteiger partial charge in [0, 0.05) is 20.8 Å². The van der Waals surface area contributed by atoms with E-state index in [0.29, 0.717) is 24.7 Å². The Bertz CT molecular complexity index is 230. The van der Waals surface area contributed by atoms with E-state index in [4.69, 9.17) is 37.9 Å². The van der Waals surface area contributed by atoms with Crippen LogP contribution in [0.2, 0.25) is 0 Å². The van der Waals surface area contributed by atoms with E-state index >= 15 is 0 Å². The van der Waals surface area contributed by atoms with Crippen LogP contribution in [-0.2, 0) is 48.3 Å². The minimum absolute atomic E-state index is 0. The zero-order chi connectivity index (χ0) is 11.0. The Hall–Kier alpha value is 2.42. The quantitative estimate of drug-likeness (QED) is 0.234. The van der Waals surface area contributed by atoms with Crippen molar-refractivity contribution in [2.45, 2.75) is 0 Å². The Kier molecular flexibility index (Phi) is 33.0. The van der Waals surface area contributed by atoms with Gasteiger partial charge in [-0.1, -0.05) is 0 Å². The van der Waals surface area contributed by atoms with Gasteiger partial charge in [-0.15, -0.1) is 0 Å². The molecule has 14 heteroatoms. The van der Waals surface area contributed by atoms with E-state index in [0.717, 1.165) is 0 Å². The van der Waals surface area contributed by atoms with Crippen LogP contribution in [0, 0.1) is 0 Å². The molecule has 0 aromatic rings. The van der Waals surface area contributed by atoms with E-state index in [9.17, 15) is 0 Å². The summed E-state index contributed by atoms with van der Waals surface area (Å²) in [6.45, 7) is 0. The van der Waals surface area contributed by atoms with Gasteiger partial charge >= 0.3 is 86.7 Å². The van der Waals surface area contributed by atoms with Crippen LogP contribution in [0.15, 0.2) is 0 Å². The van der Waals surface area contributed by atoms with Crippen LogP contribution in [0.3, 0.4) is 0 Å². The molecule has 0 spiro atoms. The van der Waals surface area contributed by atoms with Gasteiger partial charge in [-0.25, -0.2) is 0 Å². The summed E-state index contributed by atoms with van der Waals surface area (Å²) < 4.78 is 76.5. The van der Waals surface area contributed by atoms with Gasteiger partial charge in [0.1, 0.15) is 0 Å². The molecule has 0 radical (unpaired) electrons. The maximum absolute atomic E-state index is 8.52. The third-order valence-corrected chi connectivity index (χ3v) is 0. The molecule has 0 atom stereocenters. The van der Waals surface area contributed by atoms with E-state index in [1.165, 1.54) is 0 Å². The summed E-state index contributed by atoms with van der Waals surface area (Å²) in [6, 6.07) is 0. The van der Waals surface area contributed by atoms with Crippen LogP contribution in [0.4, 0.5) is 0 Å². The Labute approximate surface area is 140 Å². The first-order chi connectivity index (χ1) is 5.00. The Morgan fingerprint density at radius 3 is 0.643 bits per heavy atom. The molecule has 0 bridgehead atoms. The molecule has 0 aliphatic heterocycles. The monoisotopic (exact) mass is 344 g/mol. The van der Waals surface area contributed by atoms with Gasteiger partial charge in [-0.05, 0) is 0 Å². The fraction of sp³-hybridized carbons (Fsp3) is 0. The van der Waals surface area contributed by atoms with Crippen molar-refractivity contribution in [1.29, 1.82) is 0 Å².